The molecule has 0 bridgehead atoms. The zero-order valence-electron chi connectivity index (χ0n) is 12.0. The lowest BCUT2D eigenvalue weighted by molar-refractivity contribution is 0.173. The maximum Gasteiger partial charge on any atom is 0.0787 e. The van der Waals surface area contributed by atoms with Crippen LogP contribution < -0.4 is 4.90 Å². The Bertz CT molecular complexity index is 375. The van der Waals surface area contributed by atoms with Crippen LogP contribution in [0.2, 0.25) is 0 Å². The van der Waals surface area contributed by atoms with E-state index in [0.29, 0.717) is 0 Å². The number of anilines is 1. The van der Waals surface area contributed by atoms with Crippen LogP contribution in [-0.2, 0) is 0 Å². The lowest BCUT2D eigenvalue weighted by Gasteiger charge is -2.37. The highest BCUT2D eigenvalue weighted by Crippen LogP contribution is 2.26. The zero-order valence-corrected chi connectivity index (χ0v) is 12.0. The Kier molecular flexibility index (Phi) is 4.97. The zero-order chi connectivity index (χ0) is 13.8. The van der Waals surface area contributed by atoms with Crippen LogP contribution in [0.15, 0.2) is 36.9 Å². The number of hydrogen-bond acceptors (Lipinski definition) is 2. The Morgan fingerprint density at radius 2 is 1.83 bits per heavy atom. The van der Waals surface area contributed by atoms with E-state index in [1.807, 2.05) is 25.1 Å². The molecule has 0 radical (unpaired) electrons. The smallest absolute Gasteiger partial charge is 0.0787 e. The van der Waals surface area contributed by atoms with E-state index in [0.717, 1.165) is 24.2 Å². The van der Waals surface area contributed by atoms with E-state index < -0.39 is 0 Å². The molecule has 0 aliphatic rings. The normalized spacial score (nSPS) is 13.2. The summed E-state index contributed by atoms with van der Waals surface area (Å²) in [4.78, 5) is 2.29. The molecule has 18 heavy (non-hydrogen) atoms. The molecule has 0 aliphatic carbocycles. The van der Waals surface area contributed by atoms with E-state index in [9.17, 15) is 5.11 Å². The van der Waals surface area contributed by atoms with Gasteiger partial charge in [-0.2, -0.15) is 0 Å². The van der Waals surface area contributed by atoms with Gasteiger partial charge in [-0.1, -0.05) is 25.1 Å². The second-order valence-corrected chi connectivity index (χ2v) is 5.59. The van der Waals surface area contributed by atoms with Crippen molar-refractivity contribution in [2.75, 3.05) is 11.4 Å². The maximum absolute atomic E-state index is 9.79. The van der Waals surface area contributed by atoms with Crippen molar-refractivity contribution in [3.8, 4) is 0 Å². The van der Waals surface area contributed by atoms with Gasteiger partial charge >= 0.3 is 0 Å². The lowest BCUT2D eigenvalue weighted by Crippen LogP contribution is -2.41. The number of aliphatic hydroxyl groups is 1. The predicted molar refractivity (Wildman–Crippen MR) is 79.0 cm³/mol. The van der Waals surface area contributed by atoms with Gasteiger partial charge < -0.3 is 10.0 Å². The molecule has 0 saturated carbocycles. The monoisotopic (exact) mass is 247 g/mol. The van der Waals surface area contributed by atoms with Crippen LogP contribution in [0.5, 0.6) is 0 Å². The molecule has 100 valence electrons. The van der Waals surface area contributed by atoms with Gasteiger partial charge in [0, 0.05) is 17.8 Å². The van der Waals surface area contributed by atoms with E-state index in [1.54, 1.807) is 0 Å². The highest BCUT2D eigenvalue weighted by molar-refractivity contribution is 5.50. The molecule has 0 amide bonds. The molecule has 1 unspecified atom stereocenters. The molecule has 0 fully saturated rings. The van der Waals surface area contributed by atoms with Crippen molar-refractivity contribution in [2.24, 2.45) is 0 Å². The number of hydrogen-bond donors (Lipinski definition) is 1. The third-order valence-electron chi connectivity index (χ3n) is 3.10. The van der Waals surface area contributed by atoms with Gasteiger partial charge in [-0.3, -0.25) is 0 Å². The van der Waals surface area contributed by atoms with Crippen molar-refractivity contribution >= 4 is 5.69 Å². The van der Waals surface area contributed by atoms with Crippen LogP contribution in [0.25, 0.3) is 0 Å². The van der Waals surface area contributed by atoms with Gasteiger partial charge in [-0.15, -0.1) is 6.58 Å². The summed E-state index contributed by atoms with van der Waals surface area (Å²) in [6.45, 7) is 13.2. The fourth-order valence-electron chi connectivity index (χ4n) is 2.01. The first-order valence-electron chi connectivity index (χ1n) is 6.56. The molecule has 2 nitrogen and oxygen atoms in total. The highest BCUT2D eigenvalue weighted by atomic mass is 16.3. The SMILES string of the molecule is C=CCN(c1ccc(C(O)CC)cc1)C(C)(C)C. The average Bonchev–Trinajstić information content (AvgIpc) is 2.34. The molecule has 1 aromatic carbocycles. The minimum atomic E-state index is -0.360. The Morgan fingerprint density at radius 1 is 1.28 bits per heavy atom. The standard InChI is InChI=1S/C16H25NO/c1-6-12-17(16(3,4)5)14-10-8-13(9-11-14)15(18)7-2/h6,8-11,15,18H,1,7,12H2,2-5H3. The number of nitrogens with zero attached hydrogens (tertiary/aromatic N) is 1. The van der Waals surface area contributed by atoms with Gasteiger partial charge in [-0.05, 0) is 44.9 Å². The summed E-state index contributed by atoms with van der Waals surface area (Å²) in [7, 11) is 0. The number of benzene rings is 1. The third kappa shape index (κ3) is 3.61. The third-order valence-corrected chi connectivity index (χ3v) is 3.10. The van der Waals surface area contributed by atoms with E-state index in [-0.39, 0.29) is 11.6 Å². The van der Waals surface area contributed by atoms with Crippen LogP contribution in [0.4, 0.5) is 5.69 Å². The molecular formula is C16H25NO. The molecule has 1 atom stereocenters. The largest absolute Gasteiger partial charge is 0.388 e. The fourth-order valence-corrected chi connectivity index (χ4v) is 2.01. The van der Waals surface area contributed by atoms with Gasteiger partial charge in [-0.25, -0.2) is 0 Å². The highest BCUT2D eigenvalue weighted by Gasteiger charge is 2.20. The van der Waals surface area contributed by atoms with Crippen molar-refractivity contribution in [3.05, 3.63) is 42.5 Å². The van der Waals surface area contributed by atoms with E-state index in [4.69, 9.17) is 0 Å². The lowest BCUT2D eigenvalue weighted by atomic mass is 10.0. The van der Waals surface area contributed by atoms with Crippen LogP contribution in [0.3, 0.4) is 0 Å². The van der Waals surface area contributed by atoms with Crippen molar-refractivity contribution in [2.45, 2.75) is 45.8 Å². The summed E-state index contributed by atoms with van der Waals surface area (Å²) in [6.07, 6.45) is 2.30. The Labute approximate surface area is 111 Å². The molecule has 1 N–H and O–H groups in total. The molecule has 0 aliphatic heterocycles. The minimum Gasteiger partial charge on any atom is -0.388 e. The summed E-state index contributed by atoms with van der Waals surface area (Å²) in [5, 5.41) is 9.79. The minimum absolute atomic E-state index is 0.0546. The predicted octanol–water partition coefficient (Wildman–Crippen LogP) is 3.92. The molecule has 0 aromatic heterocycles. The van der Waals surface area contributed by atoms with Gasteiger partial charge in [0.25, 0.3) is 0 Å². The van der Waals surface area contributed by atoms with Gasteiger partial charge in [0.15, 0.2) is 0 Å². The number of rotatable bonds is 5. The summed E-state index contributed by atoms with van der Waals surface area (Å²) in [5.74, 6) is 0. The molecule has 2 heteroatoms. The summed E-state index contributed by atoms with van der Waals surface area (Å²) in [5.41, 5.74) is 2.20. The van der Waals surface area contributed by atoms with Gasteiger partial charge in [0.2, 0.25) is 0 Å². The first-order chi connectivity index (χ1) is 8.40. The summed E-state index contributed by atoms with van der Waals surface area (Å²) < 4.78 is 0. The van der Waals surface area contributed by atoms with Crippen molar-refractivity contribution in [1.29, 1.82) is 0 Å². The summed E-state index contributed by atoms with van der Waals surface area (Å²) in [6, 6.07) is 8.16. The summed E-state index contributed by atoms with van der Waals surface area (Å²) >= 11 is 0. The van der Waals surface area contributed by atoms with Crippen LogP contribution in [-0.4, -0.2) is 17.2 Å². The van der Waals surface area contributed by atoms with E-state index >= 15 is 0 Å². The Morgan fingerprint density at radius 3 is 2.22 bits per heavy atom. The molecule has 0 heterocycles. The average molecular weight is 247 g/mol. The van der Waals surface area contributed by atoms with Crippen LogP contribution in [0.1, 0.15) is 45.8 Å². The quantitative estimate of drug-likeness (QED) is 0.797. The second-order valence-electron chi connectivity index (χ2n) is 5.59. The molecule has 1 aromatic rings. The fraction of sp³-hybridized carbons (Fsp3) is 0.500. The topological polar surface area (TPSA) is 23.5 Å². The van der Waals surface area contributed by atoms with E-state index in [1.165, 1.54) is 0 Å². The first kappa shape index (κ1) is 14.8. The van der Waals surface area contributed by atoms with Crippen molar-refractivity contribution in [3.63, 3.8) is 0 Å². The number of aliphatic hydroxyl groups excluding tert-OH is 1. The Hall–Kier alpha value is -1.28. The maximum atomic E-state index is 9.79. The molecule has 0 saturated heterocycles. The van der Waals surface area contributed by atoms with Crippen molar-refractivity contribution < 1.29 is 5.11 Å². The van der Waals surface area contributed by atoms with E-state index in [2.05, 4.69) is 44.4 Å². The van der Waals surface area contributed by atoms with Gasteiger partial charge in [0.05, 0.1) is 6.10 Å². The molecule has 0 spiro atoms. The molecular weight excluding hydrogens is 222 g/mol. The first-order valence-corrected chi connectivity index (χ1v) is 6.56. The second kappa shape index (κ2) is 6.05. The van der Waals surface area contributed by atoms with Crippen molar-refractivity contribution in [1.82, 2.24) is 0 Å². The van der Waals surface area contributed by atoms with Crippen LogP contribution in [0, 0.1) is 0 Å². The van der Waals surface area contributed by atoms with Crippen LogP contribution >= 0.6 is 0 Å². The Balaban J connectivity index is 2.97. The van der Waals surface area contributed by atoms with Gasteiger partial charge in [0.1, 0.15) is 0 Å². The molecule has 1 rings (SSSR count).